The lowest BCUT2D eigenvalue weighted by atomic mass is 10.0. The van der Waals surface area contributed by atoms with Crippen LogP contribution in [0.1, 0.15) is 13.3 Å². The van der Waals surface area contributed by atoms with E-state index in [0.717, 1.165) is 0 Å². The van der Waals surface area contributed by atoms with Gasteiger partial charge in [-0.3, -0.25) is 4.68 Å². The Balaban J connectivity index is 2.43. The van der Waals surface area contributed by atoms with Crippen molar-refractivity contribution in [3.05, 3.63) is 18.5 Å². The summed E-state index contributed by atoms with van der Waals surface area (Å²) in [5.41, 5.74) is -3.33. The number of carbonyl (C=O) groups excluding carboxylic acids is 1. The lowest BCUT2D eigenvalue weighted by molar-refractivity contribution is -0.203. The minimum absolute atomic E-state index is 0.0826. The van der Waals surface area contributed by atoms with Crippen molar-refractivity contribution >= 4 is 12.0 Å². The second-order valence-corrected chi connectivity index (χ2v) is 4.43. The van der Waals surface area contributed by atoms with Crippen molar-refractivity contribution in [2.75, 3.05) is 6.54 Å². The number of nitrogens with one attached hydrogen (secondary N) is 2. The van der Waals surface area contributed by atoms with Crippen LogP contribution in [0.15, 0.2) is 18.5 Å². The summed E-state index contributed by atoms with van der Waals surface area (Å²) in [5.74, 6) is -2.18. The molecule has 0 saturated carbocycles. The number of hydrogen-bond donors (Lipinski definition) is 3. The third-order valence-electron chi connectivity index (χ3n) is 2.77. The highest BCUT2D eigenvalue weighted by atomic mass is 19.4. The largest absolute Gasteiger partial charge is 0.479 e. The summed E-state index contributed by atoms with van der Waals surface area (Å²) in [6.07, 6.45) is -1.40. The van der Waals surface area contributed by atoms with Gasteiger partial charge in [0, 0.05) is 25.5 Å². The standard InChI is InChI=1S/C11H15F3N4O3/c1-10(8(19)20,11(12,13)14)17-9(21)15-4-2-6-18-7-3-5-16-18/h3,5,7H,2,4,6H2,1H3,(H,19,20)(H2,15,17,21). The molecule has 3 N–H and O–H groups in total. The molecular weight excluding hydrogens is 293 g/mol. The molecule has 2 amide bonds. The number of halogens is 3. The highest BCUT2D eigenvalue weighted by Gasteiger charge is 2.58. The van der Waals surface area contributed by atoms with Crippen LogP contribution in [0.25, 0.3) is 0 Å². The molecule has 0 radical (unpaired) electrons. The summed E-state index contributed by atoms with van der Waals surface area (Å²) < 4.78 is 39.6. The van der Waals surface area contributed by atoms with Crippen LogP contribution in [-0.2, 0) is 11.3 Å². The Morgan fingerprint density at radius 2 is 2.05 bits per heavy atom. The van der Waals surface area contributed by atoms with Crippen molar-refractivity contribution in [1.29, 1.82) is 0 Å². The number of nitrogens with zero attached hydrogens (tertiary/aromatic N) is 2. The zero-order valence-electron chi connectivity index (χ0n) is 11.1. The quantitative estimate of drug-likeness (QED) is 0.683. The number of aromatic nitrogens is 2. The Labute approximate surface area is 118 Å². The second kappa shape index (κ2) is 6.46. The topological polar surface area (TPSA) is 96.3 Å². The maximum atomic E-state index is 12.7. The number of aliphatic carboxylic acids is 1. The van der Waals surface area contributed by atoms with Gasteiger partial charge in [0.1, 0.15) is 0 Å². The number of hydrogen-bond acceptors (Lipinski definition) is 3. The Hall–Kier alpha value is -2.26. The first-order valence-corrected chi connectivity index (χ1v) is 6.00. The van der Waals surface area contributed by atoms with Gasteiger partial charge >= 0.3 is 18.2 Å². The zero-order valence-corrected chi connectivity index (χ0v) is 11.1. The fraction of sp³-hybridized carbons (Fsp3) is 0.545. The van der Waals surface area contributed by atoms with E-state index in [1.165, 1.54) is 5.32 Å². The molecular formula is C11H15F3N4O3. The molecule has 7 nitrogen and oxygen atoms in total. The number of aryl methyl sites for hydroxylation is 1. The van der Waals surface area contributed by atoms with Crippen LogP contribution >= 0.6 is 0 Å². The number of amides is 2. The van der Waals surface area contributed by atoms with E-state index in [1.54, 1.807) is 23.1 Å². The molecule has 0 aliphatic heterocycles. The van der Waals surface area contributed by atoms with Gasteiger partial charge in [0.2, 0.25) is 5.54 Å². The lowest BCUT2D eigenvalue weighted by Crippen LogP contribution is -2.63. The van der Waals surface area contributed by atoms with Crippen molar-refractivity contribution in [2.24, 2.45) is 0 Å². The number of rotatable bonds is 6. The van der Waals surface area contributed by atoms with Crippen molar-refractivity contribution in [2.45, 2.75) is 31.6 Å². The third-order valence-corrected chi connectivity index (χ3v) is 2.77. The number of carboxylic acids is 1. The normalized spacial score (nSPS) is 14.3. The average Bonchev–Trinajstić information content (AvgIpc) is 2.86. The fourth-order valence-corrected chi connectivity index (χ4v) is 1.39. The predicted molar refractivity (Wildman–Crippen MR) is 65.5 cm³/mol. The van der Waals surface area contributed by atoms with E-state index in [9.17, 15) is 22.8 Å². The summed E-state index contributed by atoms with van der Waals surface area (Å²) in [5, 5.41) is 16.2. The van der Waals surface area contributed by atoms with Crippen LogP contribution in [0.4, 0.5) is 18.0 Å². The second-order valence-electron chi connectivity index (χ2n) is 4.43. The third kappa shape index (κ3) is 4.36. The smallest absolute Gasteiger partial charge is 0.422 e. The van der Waals surface area contributed by atoms with E-state index in [0.29, 0.717) is 19.9 Å². The van der Waals surface area contributed by atoms with Crippen LogP contribution in [0.2, 0.25) is 0 Å². The van der Waals surface area contributed by atoms with Gasteiger partial charge in [-0.25, -0.2) is 9.59 Å². The predicted octanol–water partition coefficient (Wildman–Crippen LogP) is 0.978. The number of carboxylic acid groups (broad SMARTS) is 1. The van der Waals surface area contributed by atoms with Crippen molar-refractivity contribution in [3.63, 3.8) is 0 Å². The highest BCUT2D eigenvalue weighted by molar-refractivity contribution is 5.86. The van der Waals surface area contributed by atoms with Crippen LogP contribution in [0.5, 0.6) is 0 Å². The van der Waals surface area contributed by atoms with Crippen molar-refractivity contribution in [3.8, 4) is 0 Å². The Kier molecular flexibility index (Phi) is 5.17. The van der Waals surface area contributed by atoms with Gasteiger partial charge in [0.05, 0.1) is 0 Å². The molecule has 0 saturated heterocycles. The van der Waals surface area contributed by atoms with Gasteiger partial charge in [-0.2, -0.15) is 18.3 Å². The van der Waals surface area contributed by atoms with Gasteiger partial charge in [0.25, 0.3) is 0 Å². The molecule has 0 fully saturated rings. The van der Waals surface area contributed by atoms with Crippen LogP contribution in [0, 0.1) is 0 Å². The SMILES string of the molecule is CC(NC(=O)NCCCn1cccn1)(C(=O)O)C(F)(F)F. The molecule has 21 heavy (non-hydrogen) atoms. The Morgan fingerprint density at radius 3 is 2.52 bits per heavy atom. The molecule has 1 unspecified atom stereocenters. The number of alkyl halides is 3. The van der Waals surface area contributed by atoms with Crippen LogP contribution < -0.4 is 10.6 Å². The summed E-state index contributed by atoms with van der Waals surface area (Å²) >= 11 is 0. The monoisotopic (exact) mass is 308 g/mol. The fourth-order valence-electron chi connectivity index (χ4n) is 1.39. The van der Waals surface area contributed by atoms with Crippen LogP contribution in [0.3, 0.4) is 0 Å². The van der Waals surface area contributed by atoms with Crippen LogP contribution in [-0.4, -0.2) is 45.1 Å². The molecule has 1 aromatic heterocycles. The highest BCUT2D eigenvalue weighted by Crippen LogP contribution is 2.30. The zero-order chi connectivity index (χ0) is 16.1. The number of carbonyl (C=O) groups is 2. The minimum Gasteiger partial charge on any atom is -0.479 e. The molecule has 0 aliphatic carbocycles. The van der Waals surface area contributed by atoms with E-state index in [-0.39, 0.29) is 6.54 Å². The molecule has 118 valence electrons. The van der Waals surface area contributed by atoms with Gasteiger partial charge < -0.3 is 15.7 Å². The van der Waals surface area contributed by atoms with Gasteiger partial charge in [-0.1, -0.05) is 0 Å². The van der Waals surface area contributed by atoms with E-state index >= 15 is 0 Å². The van der Waals surface area contributed by atoms with Crippen molar-refractivity contribution < 1.29 is 27.9 Å². The van der Waals surface area contributed by atoms with E-state index in [4.69, 9.17) is 5.11 Å². The molecule has 10 heteroatoms. The Morgan fingerprint density at radius 1 is 1.38 bits per heavy atom. The minimum atomic E-state index is -5.11. The van der Waals surface area contributed by atoms with E-state index < -0.39 is 23.7 Å². The molecule has 0 aromatic carbocycles. The van der Waals surface area contributed by atoms with E-state index in [1.807, 2.05) is 0 Å². The summed E-state index contributed by atoms with van der Waals surface area (Å²) in [6, 6.07) is 0.514. The average molecular weight is 308 g/mol. The molecule has 1 atom stereocenters. The van der Waals surface area contributed by atoms with E-state index in [2.05, 4.69) is 10.4 Å². The molecule has 0 bridgehead atoms. The maximum absolute atomic E-state index is 12.7. The summed E-state index contributed by atoms with van der Waals surface area (Å²) in [6.45, 7) is 0.945. The first kappa shape index (κ1) is 16.8. The first-order chi connectivity index (χ1) is 9.67. The van der Waals surface area contributed by atoms with Crippen molar-refractivity contribution in [1.82, 2.24) is 20.4 Å². The molecule has 1 rings (SSSR count). The van der Waals surface area contributed by atoms with Gasteiger partial charge in [0.15, 0.2) is 0 Å². The molecule has 1 aromatic rings. The van der Waals surface area contributed by atoms with Gasteiger partial charge in [-0.15, -0.1) is 0 Å². The number of urea groups is 1. The molecule has 1 heterocycles. The molecule has 0 aliphatic rings. The first-order valence-electron chi connectivity index (χ1n) is 6.00. The molecule has 0 spiro atoms. The summed E-state index contributed by atoms with van der Waals surface area (Å²) in [4.78, 5) is 22.1. The summed E-state index contributed by atoms with van der Waals surface area (Å²) in [7, 11) is 0. The Bertz CT molecular complexity index is 489. The lowest BCUT2D eigenvalue weighted by Gasteiger charge is -2.28. The maximum Gasteiger partial charge on any atom is 0.422 e. The van der Waals surface area contributed by atoms with Gasteiger partial charge in [-0.05, 0) is 19.4 Å².